The van der Waals surface area contributed by atoms with Crippen molar-refractivity contribution in [3.05, 3.63) is 95.3 Å². The molecule has 0 spiro atoms. The van der Waals surface area contributed by atoms with Crippen LogP contribution in [0.25, 0.3) is 6.08 Å². The van der Waals surface area contributed by atoms with Crippen LogP contribution < -0.4 is 15.0 Å². The molecule has 2 amide bonds. The first-order valence-electron chi connectivity index (χ1n) is 9.86. The predicted octanol–water partition coefficient (Wildman–Crippen LogP) is 4.71. The Bertz CT molecular complexity index is 1160. The van der Waals surface area contributed by atoms with Crippen molar-refractivity contribution in [2.75, 3.05) is 16.8 Å². The van der Waals surface area contributed by atoms with Crippen LogP contribution in [0.3, 0.4) is 0 Å². The molecule has 6 heteroatoms. The van der Waals surface area contributed by atoms with Gasteiger partial charge in [-0.05, 0) is 36.8 Å². The van der Waals surface area contributed by atoms with E-state index in [0.717, 1.165) is 11.1 Å². The van der Waals surface area contributed by atoms with Gasteiger partial charge in [-0.25, -0.2) is 4.39 Å². The molecule has 0 bridgehead atoms. The summed E-state index contributed by atoms with van der Waals surface area (Å²) in [5.74, 6) is -0.451. The van der Waals surface area contributed by atoms with Crippen molar-refractivity contribution in [3.8, 4) is 5.75 Å². The summed E-state index contributed by atoms with van der Waals surface area (Å²) >= 11 is 0. The molecule has 156 valence electrons. The number of benzene rings is 3. The standard InChI is InChI=1S/C25H21FN2O3/c1-17-6-8-18(9-7-17)10-13-24(29)27-20-11-12-22-23(14-20)31-16-25(30)28(22)15-19-4-2-3-5-21(19)26/h2-14H,15-16H2,1H3,(H,27,29)/b13-10+. The second kappa shape index (κ2) is 8.83. The van der Waals surface area contributed by atoms with E-state index in [-0.39, 0.29) is 30.8 Å². The lowest BCUT2D eigenvalue weighted by Gasteiger charge is -2.30. The molecule has 4 rings (SSSR count). The van der Waals surface area contributed by atoms with Gasteiger partial charge in [-0.2, -0.15) is 0 Å². The van der Waals surface area contributed by atoms with Crippen LogP contribution in [0.5, 0.6) is 5.75 Å². The highest BCUT2D eigenvalue weighted by Gasteiger charge is 2.26. The first-order chi connectivity index (χ1) is 15.0. The van der Waals surface area contributed by atoms with E-state index in [1.165, 1.54) is 17.0 Å². The zero-order valence-electron chi connectivity index (χ0n) is 17.0. The molecule has 0 radical (unpaired) electrons. The summed E-state index contributed by atoms with van der Waals surface area (Å²) in [6.45, 7) is 1.96. The van der Waals surface area contributed by atoms with E-state index in [1.807, 2.05) is 31.2 Å². The van der Waals surface area contributed by atoms with Gasteiger partial charge in [0.15, 0.2) is 6.61 Å². The van der Waals surface area contributed by atoms with Gasteiger partial charge in [0.1, 0.15) is 11.6 Å². The summed E-state index contributed by atoms with van der Waals surface area (Å²) in [5.41, 5.74) is 3.57. The molecule has 0 saturated heterocycles. The van der Waals surface area contributed by atoms with E-state index in [2.05, 4.69) is 5.32 Å². The van der Waals surface area contributed by atoms with Crippen LogP contribution in [-0.4, -0.2) is 18.4 Å². The fourth-order valence-corrected chi connectivity index (χ4v) is 3.29. The summed E-state index contributed by atoms with van der Waals surface area (Å²) in [6, 6.07) is 19.2. The number of hydrogen-bond donors (Lipinski definition) is 1. The third kappa shape index (κ3) is 4.80. The largest absolute Gasteiger partial charge is 0.481 e. The highest BCUT2D eigenvalue weighted by atomic mass is 19.1. The van der Waals surface area contributed by atoms with Gasteiger partial charge in [-0.1, -0.05) is 48.0 Å². The Morgan fingerprint density at radius 2 is 1.90 bits per heavy atom. The Balaban J connectivity index is 1.48. The molecule has 0 aliphatic carbocycles. The number of nitrogens with one attached hydrogen (secondary N) is 1. The number of carbonyl (C=O) groups is 2. The lowest BCUT2D eigenvalue weighted by atomic mass is 10.1. The first kappa shape index (κ1) is 20.3. The van der Waals surface area contributed by atoms with E-state index < -0.39 is 0 Å². The van der Waals surface area contributed by atoms with E-state index in [0.29, 0.717) is 22.7 Å². The van der Waals surface area contributed by atoms with Crippen LogP contribution in [0.1, 0.15) is 16.7 Å². The van der Waals surface area contributed by atoms with E-state index in [9.17, 15) is 14.0 Å². The topological polar surface area (TPSA) is 58.6 Å². The number of ether oxygens (including phenoxy) is 1. The quantitative estimate of drug-likeness (QED) is 0.613. The summed E-state index contributed by atoms with van der Waals surface area (Å²) in [4.78, 5) is 26.1. The second-order valence-electron chi connectivity index (χ2n) is 7.28. The van der Waals surface area contributed by atoms with E-state index in [4.69, 9.17) is 4.74 Å². The zero-order valence-corrected chi connectivity index (χ0v) is 17.0. The number of halogens is 1. The Hall–Kier alpha value is -3.93. The first-order valence-corrected chi connectivity index (χ1v) is 9.86. The molecule has 1 heterocycles. The molecular weight excluding hydrogens is 395 g/mol. The van der Waals surface area contributed by atoms with Crippen molar-refractivity contribution in [1.29, 1.82) is 0 Å². The minimum absolute atomic E-state index is 0.104. The monoisotopic (exact) mass is 416 g/mol. The van der Waals surface area contributed by atoms with Gasteiger partial charge in [0.25, 0.3) is 5.91 Å². The number of rotatable bonds is 5. The Morgan fingerprint density at radius 1 is 1.13 bits per heavy atom. The molecular formula is C25H21FN2O3. The Labute approximate surface area is 179 Å². The Morgan fingerprint density at radius 3 is 2.68 bits per heavy atom. The van der Waals surface area contributed by atoms with Gasteiger partial charge in [-0.3, -0.25) is 9.59 Å². The minimum atomic E-state index is -0.368. The summed E-state index contributed by atoms with van der Waals surface area (Å²) in [6.07, 6.45) is 3.19. The van der Waals surface area contributed by atoms with Crippen LogP contribution in [0.4, 0.5) is 15.8 Å². The Kier molecular flexibility index (Phi) is 5.80. The highest BCUT2D eigenvalue weighted by Crippen LogP contribution is 2.35. The SMILES string of the molecule is Cc1ccc(/C=C/C(=O)Nc2ccc3c(c2)OCC(=O)N3Cc2ccccc2F)cc1. The van der Waals surface area contributed by atoms with Crippen LogP contribution in [0.2, 0.25) is 0 Å². The third-order valence-electron chi connectivity index (χ3n) is 4.96. The number of nitrogens with zero attached hydrogens (tertiary/aromatic N) is 1. The maximum atomic E-state index is 14.0. The molecule has 1 aliphatic rings. The maximum Gasteiger partial charge on any atom is 0.265 e. The lowest BCUT2D eigenvalue weighted by molar-refractivity contribution is -0.121. The van der Waals surface area contributed by atoms with Crippen molar-refractivity contribution < 1.29 is 18.7 Å². The highest BCUT2D eigenvalue weighted by molar-refractivity contribution is 6.03. The van der Waals surface area contributed by atoms with Crippen LogP contribution >= 0.6 is 0 Å². The maximum absolute atomic E-state index is 14.0. The normalized spacial score (nSPS) is 13.1. The molecule has 3 aromatic carbocycles. The second-order valence-corrected chi connectivity index (χ2v) is 7.28. The van der Waals surface area contributed by atoms with Gasteiger partial charge in [0.2, 0.25) is 5.91 Å². The van der Waals surface area contributed by atoms with Gasteiger partial charge in [0.05, 0.1) is 12.2 Å². The number of fused-ring (bicyclic) bond motifs is 1. The number of hydrogen-bond acceptors (Lipinski definition) is 3. The average Bonchev–Trinajstić information content (AvgIpc) is 2.77. The predicted molar refractivity (Wildman–Crippen MR) is 118 cm³/mol. The molecule has 0 atom stereocenters. The van der Waals surface area contributed by atoms with Crippen LogP contribution in [-0.2, 0) is 16.1 Å². The number of carbonyl (C=O) groups excluding carboxylic acids is 2. The van der Waals surface area contributed by atoms with Crippen molar-refractivity contribution in [2.45, 2.75) is 13.5 Å². The molecule has 0 fully saturated rings. The zero-order chi connectivity index (χ0) is 21.8. The molecule has 0 aromatic heterocycles. The number of amides is 2. The van der Waals surface area contributed by atoms with E-state index in [1.54, 1.807) is 42.5 Å². The van der Waals surface area contributed by atoms with Gasteiger partial charge in [0, 0.05) is 23.4 Å². The molecule has 1 N–H and O–H groups in total. The molecule has 0 unspecified atom stereocenters. The fraction of sp³-hybridized carbons (Fsp3) is 0.120. The smallest absolute Gasteiger partial charge is 0.265 e. The average molecular weight is 416 g/mol. The molecule has 0 saturated carbocycles. The summed E-state index contributed by atoms with van der Waals surface area (Å²) < 4.78 is 19.6. The van der Waals surface area contributed by atoms with Crippen molar-refractivity contribution in [1.82, 2.24) is 0 Å². The third-order valence-corrected chi connectivity index (χ3v) is 4.96. The lowest BCUT2D eigenvalue weighted by Crippen LogP contribution is -2.38. The van der Waals surface area contributed by atoms with Crippen molar-refractivity contribution >= 4 is 29.3 Å². The molecule has 31 heavy (non-hydrogen) atoms. The molecule has 5 nitrogen and oxygen atoms in total. The molecule has 3 aromatic rings. The van der Waals surface area contributed by atoms with Gasteiger partial charge < -0.3 is 15.0 Å². The van der Waals surface area contributed by atoms with Crippen molar-refractivity contribution in [2.24, 2.45) is 0 Å². The van der Waals surface area contributed by atoms with Crippen LogP contribution in [0, 0.1) is 12.7 Å². The summed E-state index contributed by atoms with van der Waals surface area (Å²) in [5, 5.41) is 2.79. The van der Waals surface area contributed by atoms with E-state index >= 15 is 0 Å². The van der Waals surface area contributed by atoms with Gasteiger partial charge in [-0.15, -0.1) is 0 Å². The molecule has 1 aliphatic heterocycles. The number of aryl methyl sites for hydroxylation is 1. The minimum Gasteiger partial charge on any atom is -0.481 e. The van der Waals surface area contributed by atoms with Crippen LogP contribution in [0.15, 0.2) is 72.8 Å². The number of anilines is 2. The summed E-state index contributed by atoms with van der Waals surface area (Å²) in [7, 11) is 0. The fourth-order valence-electron chi connectivity index (χ4n) is 3.29. The van der Waals surface area contributed by atoms with Gasteiger partial charge >= 0.3 is 0 Å². The van der Waals surface area contributed by atoms with Crippen molar-refractivity contribution in [3.63, 3.8) is 0 Å².